The number of anilines is 2. The fourth-order valence-electron chi connectivity index (χ4n) is 3.04. The van der Waals surface area contributed by atoms with Gasteiger partial charge in [-0.15, -0.1) is 0 Å². The quantitative estimate of drug-likeness (QED) is 0.801. The molecule has 1 aliphatic rings. The number of aryl methyl sites for hydroxylation is 1. The van der Waals surface area contributed by atoms with Crippen molar-refractivity contribution in [1.82, 2.24) is 5.32 Å². The highest BCUT2D eigenvalue weighted by Gasteiger charge is 2.29. The van der Waals surface area contributed by atoms with Crippen molar-refractivity contribution >= 4 is 17.4 Å². The van der Waals surface area contributed by atoms with Crippen molar-refractivity contribution < 1.29 is 9.90 Å². The molecule has 1 aliphatic carbocycles. The number of hydrogen-bond acceptors (Lipinski definition) is 3. The number of carbonyl (C=O) groups excluding carboxylic acids is 1. The minimum atomic E-state index is -0.736. The number of urea groups is 1. The highest BCUT2D eigenvalue weighted by molar-refractivity contribution is 5.89. The maximum Gasteiger partial charge on any atom is 0.319 e. The molecule has 0 unspecified atom stereocenters. The van der Waals surface area contributed by atoms with E-state index in [9.17, 15) is 9.90 Å². The summed E-state index contributed by atoms with van der Waals surface area (Å²) >= 11 is 0. The lowest BCUT2D eigenvalue weighted by molar-refractivity contribution is 0.00755. The second-order valence-corrected chi connectivity index (χ2v) is 6.49. The van der Waals surface area contributed by atoms with Gasteiger partial charge in [0, 0.05) is 32.0 Å². The molecule has 2 rings (SSSR count). The molecular formula is C17H27N3O2. The van der Waals surface area contributed by atoms with Crippen molar-refractivity contribution in [2.24, 2.45) is 0 Å². The Balaban J connectivity index is 1.88. The van der Waals surface area contributed by atoms with Gasteiger partial charge in [-0.25, -0.2) is 4.79 Å². The number of aliphatic hydroxyl groups is 1. The summed E-state index contributed by atoms with van der Waals surface area (Å²) in [5.41, 5.74) is 2.26. The number of hydrogen-bond donors (Lipinski definition) is 3. The molecule has 0 bridgehead atoms. The number of carbonyl (C=O) groups is 1. The first-order valence-corrected chi connectivity index (χ1v) is 7.95. The number of rotatable bonds is 4. The number of nitrogens with zero attached hydrogens (tertiary/aromatic N) is 1. The van der Waals surface area contributed by atoms with E-state index in [-0.39, 0.29) is 6.03 Å². The van der Waals surface area contributed by atoms with Gasteiger partial charge in [0.1, 0.15) is 0 Å². The first-order chi connectivity index (χ1) is 10.4. The zero-order valence-electron chi connectivity index (χ0n) is 13.8. The molecule has 0 saturated heterocycles. The van der Waals surface area contributed by atoms with Gasteiger partial charge in [0.05, 0.1) is 5.60 Å². The zero-order valence-corrected chi connectivity index (χ0v) is 13.8. The molecule has 122 valence electrons. The Morgan fingerprint density at radius 1 is 1.27 bits per heavy atom. The Hall–Kier alpha value is -1.75. The topological polar surface area (TPSA) is 64.6 Å². The van der Waals surface area contributed by atoms with Crippen molar-refractivity contribution in [3.05, 3.63) is 23.8 Å². The molecule has 1 fully saturated rings. The van der Waals surface area contributed by atoms with Crippen LogP contribution in [0.15, 0.2) is 18.2 Å². The SMILES string of the molecule is Cc1cc(NC(=O)NCC2(O)CCCCC2)ccc1N(C)C. The first kappa shape index (κ1) is 16.6. The average Bonchev–Trinajstić information content (AvgIpc) is 2.46. The van der Waals surface area contributed by atoms with E-state index in [2.05, 4.69) is 10.6 Å². The summed E-state index contributed by atoms with van der Waals surface area (Å²) in [6, 6.07) is 5.55. The van der Waals surface area contributed by atoms with Crippen LogP contribution >= 0.6 is 0 Å². The lowest BCUT2D eigenvalue weighted by atomic mass is 9.85. The van der Waals surface area contributed by atoms with Crippen LogP contribution in [0.2, 0.25) is 0 Å². The fourth-order valence-corrected chi connectivity index (χ4v) is 3.04. The predicted octanol–water partition coefficient (Wildman–Crippen LogP) is 2.88. The molecule has 2 amide bonds. The van der Waals surface area contributed by atoms with Crippen LogP contribution < -0.4 is 15.5 Å². The van der Waals surface area contributed by atoms with Gasteiger partial charge in [-0.1, -0.05) is 19.3 Å². The average molecular weight is 305 g/mol. The minimum Gasteiger partial charge on any atom is -0.388 e. The van der Waals surface area contributed by atoms with Gasteiger partial charge in [0.15, 0.2) is 0 Å². The smallest absolute Gasteiger partial charge is 0.319 e. The summed E-state index contributed by atoms with van der Waals surface area (Å²) in [5.74, 6) is 0. The first-order valence-electron chi connectivity index (χ1n) is 7.95. The maximum atomic E-state index is 12.0. The molecule has 22 heavy (non-hydrogen) atoms. The summed E-state index contributed by atoms with van der Waals surface area (Å²) in [7, 11) is 3.99. The molecular weight excluding hydrogens is 278 g/mol. The van der Waals surface area contributed by atoms with E-state index in [0.717, 1.165) is 42.6 Å². The zero-order chi connectivity index (χ0) is 16.2. The van der Waals surface area contributed by atoms with Crippen LogP contribution in [0.1, 0.15) is 37.7 Å². The normalized spacial score (nSPS) is 16.9. The second kappa shape index (κ2) is 7.01. The summed E-state index contributed by atoms with van der Waals surface area (Å²) in [6.07, 6.45) is 4.77. The third-order valence-corrected chi connectivity index (χ3v) is 4.30. The predicted molar refractivity (Wildman–Crippen MR) is 90.6 cm³/mol. The number of amides is 2. The largest absolute Gasteiger partial charge is 0.388 e. The van der Waals surface area contributed by atoms with E-state index in [0.29, 0.717) is 6.54 Å². The van der Waals surface area contributed by atoms with Crippen LogP contribution in [0.25, 0.3) is 0 Å². The lowest BCUT2D eigenvalue weighted by Gasteiger charge is -2.32. The van der Waals surface area contributed by atoms with Gasteiger partial charge in [-0.2, -0.15) is 0 Å². The Labute approximate surface area is 132 Å². The molecule has 0 spiro atoms. The summed E-state index contributed by atoms with van der Waals surface area (Å²) in [4.78, 5) is 14.0. The van der Waals surface area contributed by atoms with E-state index < -0.39 is 5.60 Å². The number of benzene rings is 1. The van der Waals surface area contributed by atoms with Crippen LogP contribution in [0.5, 0.6) is 0 Å². The van der Waals surface area contributed by atoms with E-state index in [4.69, 9.17) is 0 Å². The molecule has 0 radical (unpaired) electrons. The van der Waals surface area contributed by atoms with E-state index in [1.165, 1.54) is 6.42 Å². The van der Waals surface area contributed by atoms with Crippen molar-refractivity contribution in [3.63, 3.8) is 0 Å². The second-order valence-electron chi connectivity index (χ2n) is 6.49. The van der Waals surface area contributed by atoms with Crippen LogP contribution in [-0.2, 0) is 0 Å². The molecule has 1 saturated carbocycles. The molecule has 0 atom stereocenters. The molecule has 0 aromatic heterocycles. The Kier molecular flexibility index (Phi) is 5.29. The third-order valence-electron chi connectivity index (χ3n) is 4.30. The molecule has 3 N–H and O–H groups in total. The maximum absolute atomic E-state index is 12.0. The monoisotopic (exact) mass is 305 g/mol. The molecule has 5 nitrogen and oxygen atoms in total. The highest BCUT2D eigenvalue weighted by Crippen LogP contribution is 2.27. The minimum absolute atomic E-state index is 0.268. The summed E-state index contributed by atoms with van der Waals surface area (Å²) in [6.45, 7) is 2.33. The Morgan fingerprint density at radius 2 is 1.95 bits per heavy atom. The van der Waals surface area contributed by atoms with Crippen LogP contribution in [0, 0.1) is 6.92 Å². The molecule has 1 aromatic carbocycles. The molecule has 0 heterocycles. The van der Waals surface area contributed by atoms with E-state index >= 15 is 0 Å². The van der Waals surface area contributed by atoms with Gasteiger partial charge in [0.2, 0.25) is 0 Å². The van der Waals surface area contributed by atoms with Crippen molar-refractivity contribution in [2.45, 2.75) is 44.6 Å². The Bertz CT molecular complexity index is 523. The molecule has 0 aliphatic heterocycles. The fraction of sp³-hybridized carbons (Fsp3) is 0.588. The lowest BCUT2D eigenvalue weighted by Crippen LogP contribution is -2.45. The van der Waals surface area contributed by atoms with Crippen molar-refractivity contribution in [1.29, 1.82) is 0 Å². The van der Waals surface area contributed by atoms with Gasteiger partial charge in [0.25, 0.3) is 0 Å². The summed E-state index contributed by atoms with van der Waals surface area (Å²) in [5, 5.41) is 16.0. The van der Waals surface area contributed by atoms with Gasteiger partial charge < -0.3 is 20.6 Å². The van der Waals surface area contributed by atoms with Crippen LogP contribution in [0.4, 0.5) is 16.2 Å². The Morgan fingerprint density at radius 3 is 2.55 bits per heavy atom. The highest BCUT2D eigenvalue weighted by atomic mass is 16.3. The van der Waals surface area contributed by atoms with Crippen molar-refractivity contribution in [2.75, 3.05) is 30.9 Å². The van der Waals surface area contributed by atoms with E-state index in [1.54, 1.807) is 0 Å². The summed E-state index contributed by atoms with van der Waals surface area (Å²) < 4.78 is 0. The number of nitrogens with one attached hydrogen (secondary N) is 2. The van der Waals surface area contributed by atoms with Gasteiger partial charge in [-0.05, 0) is 43.5 Å². The van der Waals surface area contributed by atoms with Gasteiger partial charge >= 0.3 is 6.03 Å². The molecule has 5 heteroatoms. The standard InChI is InChI=1S/C17H27N3O2/c1-13-11-14(7-8-15(13)20(2)3)19-16(21)18-12-17(22)9-5-4-6-10-17/h7-8,11,22H,4-6,9-10,12H2,1-3H3,(H2,18,19,21). The van der Waals surface area contributed by atoms with Crippen molar-refractivity contribution in [3.8, 4) is 0 Å². The molecule has 1 aromatic rings. The van der Waals surface area contributed by atoms with Crippen LogP contribution in [-0.4, -0.2) is 37.4 Å². The van der Waals surface area contributed by atoms with Gasteiger partial charge in [-0.3, -0.25) is 0 Å². The van der Waals surface area contributed by atoms with E-state index in [1.807, 2.05) is 44.1 Å². The van der Waals surface area contributed by atoms with Crippen LogP contribution in [0.3, 0.4) is 0 Å². The third kappa shape index (κ3) is 4.37.